The second kappa shape index (κ2) is 8.79. The van der Waals surface area contributed by atoms with E-state index < -0.39 is 0 Å². The van der Waals surface area contributed by atoms with E-state index in [2.05, 4.69) is 0 Å². The van der Waals surface area contributed by atoms with E-state index in [9.17, 15) is 0 Å². The van der Waals surface area contributed by atoms with Crippen LogP contribution >= 0.6 is 0 Å². The maximum atomic E-state index is 5.77. The van der Waals surface area contributed by atoms with Gasteiger partial charge in [-0.25, -0.2) is 0 Å². The summed E-state index contributed by atoms with van der Waals surface area (Å²) in [6, 6.07) is 7.43. The van der Waals surface area contributed by atoms with Crippen LogP contribution in [-0.2, 0) is 14.2 Å². The molecule has 1 aliphatic rings. The highest BCUT2D eigenvalue weighted by Crippen LogP contribution is 2.19. The van der Waals surface area contributed by atoms with Crippen molar-refractivity contribution in [1.29, 1.82) is 0 Å². The van der Waals surface area contributed by atoms with E-state index in [0.717, 1.165) is 19.4 Å². The fraction of sp³-hybridized carbons (Fsp3) is 0.600. The van der Waals surface area contributed by atoms with Crippen molar-refractivity contribution in [2.45, 2.75) is 25.6 Å². The molecule has 20 heavy (non-hydrogen) atoms. The summed E-state index contributed by atoms with van der Waals surface area (Å²) in [5.41, 5.74) is 6.41. The minimum atomic E-state index is -0.0484. The minimum Gasteiger partial charge on any atom is -0.489 e. The van der Waals surface area contributed by atoms with Gasteiger partial charge in [-0.3, -0.25) is 0 Å². The van der Waals surface area contributed by atoms with Crippen molar-refractivity contribution >= 4 is 5.69 Å². The first-order valence-electron chi connectivity index (χ1n) is 7.14. The molecule has 5 heteroatoms. The van der Waals surface area contributed by atoms with Gasteiger partial charge in [0, 0.05) is 6.61 Å². The van der Waals surface area contributed by atoms with E-state index in [1.54, 1.807) is 0 Å². The lowest BCUT2D eigenvalue weighted by molar-refractivity contribution is -0.169. The predicted octanol–water partition coefficient (Wildman–Crippen LogP) is 2.21. The molecule has 0 spiro atoms. The smallest absolute Gasteiger partial charge is 0.157 e. The normalized spacial score (nSPS) is 18.9. The van der Waals surface area contributed by atoms with Crippen molar-refractivity contribution in [1.82, 2.24) is 0 Å². The Morgan fingerprint density at radius 1 is 1.10 bits per heavy atom. The topological polar surface area (TPSA) is 62.9 Å². The van der Waals surface area contributed by atoms with Gasteiger partial charge in [0.2, 0.25) is 0 Å². The van der Waals surface area contributed by atoms with Crippen LogP contribution in [0.5, 0.6) is 5.75 Å². The summed E-state index contributed by atoms with van der Waals surface area (Å²) in [5.74, 6) is 0.697. The Kier molecular flexibility index (Phi) is 6.63. The molecule has 1 aliphatic heterocycles. The summed E-state index contributed by atoms with van der Waals surface area (Å²) < 4.78 is 22.0. The Balaban J connectivity index is 1.46. The van der Waals surface area contributed by atoms with Crippen molar-refractivity contribution in [2.75, 3.05) is 38.8 Å². The summed E-state index contributed by atoms with van der Waals surface area (Å²) >= 11 is 0. The molecule has 1 heterocycles. The van der Waals surface area contributed by atoms with Crippen molar-refractivity contribution in [2.24, 2.45) is 0 Å². The molecule has 1 saturated heterocycles. The fourth-order valence-electron chi connectivity index (χ4n) is 2.01. The number of benzene rings is 1. The predicted molar refractivity (Wildman–Crippen MR) is 76.7 cm³/mol. The van der Waals surface area contributed by atoms with E-state index in [0.29, 0.717) is 37.9 Å². The first kappa shape index (κ1) is 15.1. The number of hydrogen-bond donors (Lipinski definition) is 1. The van der Waals surface area contributed by atoms with Crippen LogP contribution in [0, 0.1) is 0 Å². The van der Waals surface area contributed by atoms with Crippen LogP contribution in [0.3, 0.4) is 0 Å². The second-order valence-corrected chi connectivity index (χ2v) is 4.67. The average Bonchev–Trinajstić information content (AvgIpc) is 2.49. The third-order valence-electron chi connectivity index (χ3n) is 3.07. The molecule has 0 bridgehead atoms. The molecule has 1 fully saturated rings. The molecular formula is C15H23NO4. The molecule has 2 rings (SSSR count). The van der Waals surface area contributed by atoms with Crippen LogP contribution in [0.4, 0.5) is 5.69 Å². The van der Waals surface area contributed by atoms with Gasteiger partial charge < -0.3 is 24.7 Å². The van der Waals surface area contributed by atoms with Crippen LogP contribution in [0.25, 0.3) is 0 Å². The van der Waals surface area contributed by atoms with Crippen LogP contribution in [0.1, 0.15) is 19.3 Å². The molecule has 1 aromatic carbocycles. The number of nitrogen functional groups attached to an aromatic ring is 1. The van der Waals surface area contributed by atoms with Gasteiger partial charge in [-0.05, 0) is 31.4 Å². The number of anilines is 1. The van der Waals surface area contributed by atoms with Crippen molar-refractivity contribution in [3.05, 3.63) is 24.3 Å². The molecule has 1 aromatic rings. The largest absolute Gasteiger partial charge is 0.489 e. The number of para-hydroxylation sites is 2. The molecule has 1 atom stereocenters. The van der Waals surface area contributed by atoms with Crippen LogP contribution in [0.2, 0.25) is 0 Å². The zero-order chi connectivity index (χ0) is 14.0. The first-order valence-corrected chi connectivity index (χ1v) is 7.14. The second-order valence-electron chi connectivity index (χ2n) is 4.67. The highest BCUT2D eigenvalue weighted by atomic mass is 16.7. The number of nitrogens with two attached hydrogens (primary N) is 1. The summed E-state index contributed by atoms with van der Waals surface area (Å²) in [7, 11) is 0. The van der Waals surface area contributed by atoms with Gasteiger partial charge in [-0.2, -0.15) is 0 Å². The minimum absolute atomic E-state index is 0.0484. The Bertz CT molecular complexity index is 380. The lowest BCUT2D eigenvalue weighted by Crippen LogP contribution is -2.24. The fourth-order valence-corrected chi connectivity index (χ4v) is 2.01. The van der Waals surface area contributed by atoms with E-state index in [1.807, 2.05) is 24.3 Å². The van der Waals surface area contributed by atoms with Gasteiger partial charge in [0.25, 0.3) is 0 Å². The monoisotopic (exact) mass is 281 g/mol. The molecule has 5 nitrogen and oxygen atoms in total. The Morgan fingerprint density at radius 3 is 2.75 bits per heavy atom. The maximum Gasteiger partial charge on any atom is 0.157 e. The molecule has 112 valence electrons. The highest BCUT2D eigenvalue weighted by molar-refractivity contribution is 5.51. The number of ether oxygens (including phenoxy) is 4. The van der Waals surface area contributed by atoms with Crippen LogP contribution < -0.4 is 10.5 Å². The van der Waals surface area contributed by atoms with Crippen molar-refractivity contribution in [3.8, 4) is 5.75 Å². The zero-order valence-electron chi connectivity index (χ0n) is 11.8. The quantitative estimate of drug-likeness (QED) is 0.584. The van der Waals surface area contributed by atoms with E-state index >= 15 is 0 Å². The van der Waals surface area contributed by atoms with Gasteiger partial charge in [0.05, 0.1) is 25.5 Å². The maximum absolute atomic E-state index is 5.77. The Labute approximate surface area is 120 Å². The third-order valence-corrected chi connectivity index (χ3v) is 3.07. The van der Waals surface area contributed by atoms with E-state index in [1.165, 1.54) is 6.42 Å². The molecule has 0 amide bonds. The first-order chi connectivity index (χ1) is 9.86. The highest BCUT2D eigenvalue weighted by Gasteiger charge is 2.13. The lowest BCUT2D eigenvalue weighted by Gasteiger charge is -2.22. The molecule has 0 saturated carbocycles. The molecule has 0 aliphatic carbocycles. The summed E-state index contributed by atoms with van der Waals surface area (Å²) in [6.45, 7) is 2.90. The van der Waals surface area contributed by atoms with Gasteiger partial charge in [-0.1, -0.05) is 12.1 Å². The standard InChI is InChI=1S/C15H23NO4/c16-13-5-1-2-6-14(13)18-11-9-17-10-12-20-15-7-3-4-8-19-15/h1-2,5-6,15H,3-4,7-12,16H2. The van der Waals surface area contributed by atoms with Crippen LogP contribution in [-0.4, -0.2) is 39.3 Å². The van der Waals surface area contributed by atoms with Gasteiger partial charge in [0.15, 0.2) is 6.29 Å². The van der Waals surface area contributed by atoms with E-state index in [4.69, 9.17) is 24.7 Å². The molecule has 0 radical (unpaired) electrons. The van der Waals surface area contributed by atoms with Gasteiger partial charge >= 0.3 is 0 Å². The van der Waals surface area contributed by atoms with Gasteiger partial charge in [0.1, 0.15) is 12.4 Å². The Morgan fingerprint density at radius 2 is 1.95 bits per heavy atom. The molecule has 1 unspecified atom stereocenters. The number of rotatable bonds is 8. The van der Waals surface area contributed by atoms with Gasteiger partial charge in [-0.15, -0.1) is 0 Å². The summed E-state index contributed by atoms with van der Waals surface area (Å²) in [4.78, 5) is 0. The zero-order valence-corrected chi connectivity index (χ0v) is 11.8. The molecular weight excluding hydrogens is 258 g/mol. The summed E-state index contributed by atoms with van der Waals surface area (Å²) in [6.07, 6.45) is 3.25. The Hall–Kier alpha value is -1.30. The average molecular weight is 281 g/mol. The van der Waals surface area contributed by atoms with Crippen molar-refractivity contribution < 1.29 is 18.9 Å². The van der Waals surface area contributed by atoms with E-state index in [-0.39, 0.29) is 6.29 Å². The lowest BCUT2D eigenvalue weighted by atomic mass is 10.2. The van der Waals surface area contributed by atoms with Crippen molar-refractivity contribution in [3.63, 3.8) is 0 Å². The van der Waals surface area contributed by atoms with Crippen LogP contribution in [0.15, 0.2) is 24.3 Å². The summed E-state index contributed by atoms with van der Waals surface area (Å²) in [5, 5.41) is 0. The molecule has 0 aromatic heterocycles. The third kappa shape index (κ3) is 5.36. The number of hydrogen-bond acceptors (Lipinski definition) is 5. The SMILES string of the molecule is Nc1ccccc1OCCOCCOC1CCCCO1. The molecule has 2 N–H and O–H groups in total.